The average molecular weight is 347 g/mol. The number of nitrogens with zero attached hydrogens (tertiary/aromatic N) is 2. The Morgan fingerprint density at radius 2 is 1.65 bits per heavy atom. The van der Waals surface area contributed by atoms with E-state index in [1.807, 2.05) is 23.1 Å². The molecular formula is C22H25N3O. The van der Waals surface area contributed by atoms with Crippen molar-refractivity contribution in [1.82, 2.24) is 14.8 Å². The fourth-order valence-electron chi connectivity index (χ4n) is 3.71. The lowest BCUT2D eigenvalue weighted by Crippen LogP contribution is -2.48. The van der Waals surface area contributed by atoms with Gasteiger partial charge in [0.1, 0.15) is 0 Å². The average Bonchev–Trinajstić information content (AvgIpc) is 3.10. The molecule has 1 aliphatic rings. The molecule has 4 heteroatoms. The van der Waals surface area contributed by atoms with Crippen LogP contribution >= 0.6 is 0 Å². The molecule has 0 saturated carbocycles. The van der Waals surface area contributed by atoms with Crippen molar-refractivity contribution in [2.24, 2.45) is 0 Å². The number of carbonyl (C=O) groups excluding carboxylic acids is 1. The first-order chi connectivity index (χ1) is 12.8. The van der Waals surface area contributed by atoms with Crippen LogP contribution in [-0.2, 0) is 17.8 Å². The molecule has 1 aromatic heterocycles. The van der Waals surface area contributed by atoms with Gasteiger partial charge in [0.25, 0.3) is 0 Å². The molecule has 2 heterocycles. The van der Waals surface area contributed by atoms with Crippen LogP contribution in [-0.4, -0.2) is 46.9 Å². The zero-order valence-corrected chi connectivity index (χ0v) is 15.0. The minimum absolute atomic E-state index is 0.278. The van der Waals surface area contributed by atoms with Gasteiger partial charge in [-0.05, 0) is 23.6 Å². The smallest absolute Gasteiger partial charge is 0.222 e. The summed E-state index contributed by atoms with van der Waals surface area (Å²) in [5, 5.41) is 1.30. The van der Waals surface area contributed by atoms with Crippen LogP contribution in [0.5, 0.6) is 0 Å². The first-order valence-electron chi connectivity index (χ1n) is 9.38. The Balaban J connectivity index is 1.28. The lowest BCUT2D eigenvalue weighted by atomic mass is 10.1. The van der Waals surface area contributed by atoms with Gasteiger partial charge in [0.05, 0.1) is 0 Å². The quantitative estimate of drug-likeness (QED) is 0.768. The summed E-state index contributed by atoms with van der Waals surface area (Å²) in [5.74, 6) is 0.278. The van der Waals surface area contributed by atoms with Crippen LogP contribution in [0.4, 0.5) is 0 Å². The summed E-state index contributed by atoms with van der Waals surface area (Å²) in [5.41, 5.74) is 3.76. The molecular weight excluding hydrogens is 322 g/mol. The zero-order valence-electron chi connectivity index (χ0n) is 15.0. The van der Waals surface area contributed by atoms with Crippen molar-refractivity contribution in [2.45, 2.75) is 19.4 Å². The third-order valence-corrected chi connectivity index (χ3v) is 5.26. The van der Waals surface area contributed by atoms with Crippen molar-refractivity contribution in [2.75, 3.05) is 26.2 Å². The molecule has 4 rings (SSSR count). The Morgan fingerprint density at radius 1 is 0.923 bits per heavy atom. The Kier molecular flexibility index (Phi) is 5.02. The fraction of sp³-hybridized carbons (Fsp3) is 0.318. The number of carbonyl (C=O) groups is 1. The van der Waals surface area contributed by atoms with E-state index in [1.54, 1.807) is 0 Å². The number of aromatic amines is 1. The molecule has 4 nitrogen and oxygen atoms in total. The van der Waals surface area contributed by atoms with E-state index < -0.39 is 0 Å². The summed E-state index contributed by atoms with van der Waals surface area (Å²) < 4.78 is 0. The molecule has 0 unspecified atom stereocenters. The van der Waals surface area contributed by atoms with Gasteiger partial charge in [0, 0.05) is 56.2 Å². The molecule has 0 radical (unpaired) electrons. The highest BCUT2D eigenvalue weighted by Crippen LogP contribution is 2.20. The largest absolute Gasteiger partial charge is 0.361 e. The summed E-state index contributed by atoms with van der Waals surface area (Å²) in [4.78, 5) is 20.3. The maximum absolute atomic E-state index is 12.5. The minimum atomic E-state index is 0.278. The number of fused-ring (bicyclic) bond motifs is 1. The Hall–Kier alpha value is -2.59. The molecule has 2 aromatic carbocycles. The number of H-pyrrole nitrogens is 1. The molecule has 1 saturated heterocycles. The fourth-order valence-corrected chi connectivity index (χ4v) is 3.71. The van der Waals surface area contributed by atoms with Crippen LogP contribution in [0.3, 0.4) is 0 Å². The molecule has 0 spiro atoms. The molecule has 1 aliphatic heterocycles. The minimum Gasteiger partial charge on any atom is -0.361 e. The molecule has 0 bridgehead atoms. The van der Waals surface area contributed by atoms with Crippen LogP contribution in [0.25, 0.3) is 10.9 Å². The van der Waals surface area contributed by atoms with Crippen molar-refractivity contribution in [3.05, 3.63) is 71.9 Å². The van der Waals surface area contributed by atoms with E-state index in [0.717, 1.165) is 39.1 Å². The Bertz CT molecular complexity index is 863. The third kappa shape index (κ3) is 3.81. The van der Waals surface area contributed by atoms with Gasteiger partial charge in [-0.15, -0.1) is 0 Å². The second-order valence-corrected chi connectivity index (χ2v) is 7.00. The lowest BCUT2D eigenvalue weighted by molar-refractivity contribution is -0.133. The number of hydrogen-bond acceptors (Lipinski definition) is 2. The van der Waals surface area contributed by atoms with Gasteiger partial charge in [-0.2, -0.15) is 0 Å². The molecule has 26 heavy (non-hydrogen) atoms. The molecule has 1 amide bonds. The third-order valence-electron chi connectivity index (χ3n) is 5.26. The number of rotatable bonds is 5. The highest BCUT2D eigenvalue weighted by atomic mass is 16.2. The van der Waals surface area contributed by atoms with Gasteiger partial charge in [-0.3, -0.25) is 9.69 Å². The summed E-state index contributed by atoms with van der Waals surface area (Å²) in [6.45, 7) is 4.48. The predicted molar refractivity (Wildman–Crippen MR) is 105 cm³/mol. The van der Waals surface area contributed by atoms with E-state index in [1.165, 1.54) is 22.0 Å². The van der Waals surface area contributed by atoms with Crippen molar-refractivity contribution >= 4 is 16.8 Å². The van der Waals surface area contributed by atoms with Crippen molar-refractivity contribution in [3.63, 3.8) is 0 Å². The molecule has 0 aliphatic carbocycles. The van der Waals surface area contributed by atoms with E-state index >= 15 is 0 Å². The molecule has 1 N–H and O–H groups in total. The van der Waals surface area contributed by atoms with Crippen molar-refractivity contribution in [1.29, 1.82) is 0 Å². The Morgan fingerprint density at radius 3 is 2.46 bits per heavy atom. The van der Waals surface area contributed by atoms with E-state index in [4.69, 9.17) is 0 Å². The SMILES string of the molecule is O=C(CCc1ccccc1)N1CCN(Cc2c[nH]c3ccccc23)CC1. The number of para-hydroxylation sites is 1. The number of nitrogens with one attached hydrogen (secondary N) is 1. The number of piperazine rings is 1. The van der Waals surface area contributed by atoms with Crippen LogP contribution in [0.1, 0.15) is 17.5 Å². The standard InChI is InChI=1S/C22H25N3O/c26-22(11-10-18-6-2-1-3-7-18)25-14-12-24(13-15-25)17-19-16-23-21-9-5-4-8-20(19)21/h1-9,16,23H,10-15,17H2. The molecule has 3 aromatic rings. The van der Waals surface area contributed by atoms with Crippen molar-refractivity contribution in [3.8, 4) is 0 Å². The zero-order chi connectivity index (χ0) is 17.8. The number of aryl methyl sites for hydroxylation is 1. The van der Waals surface area contributed by atoms with Gasteiger partial charge < -0.3 is 9.88 Å². The number of amides is 1. The second kappa shape index (κ2) is 7.75. The van der Waals surface area contributed by atoms with Crippen LogP contribution < -0.4 is 0 Å². The van der Waals surface area contributed by atoms with E-state index in [2.05, 4.69) is 52.5 Å². The van der Waals surface area contributed by atoms with Gasteiger partial charge in [-0.25, -0.2) is 0 Å². The van der Waals surface area contributed by atoms with Crippen LogP contribution in [0.15, 0.2) is 60.8 Å². The van der Waals surface area contributed by atoms with Crippen LogP contribution in [0, 0.1) is 0 Å². The first-order valence-corrected chi connectivity index (χ1v) is 9.38. The summed E-state index contributed by atoms with van der Waals surface area (Å²) in [6.07, 6.45) is 3.55. The molecule has 1 fully saturated rings. The highest BCUT2D eigenvalue weighted by molar-refractivity contribution is 5.83. The summed E-state index contributed by atoms with van der Waals surface area (Å²) in [7, 11) is 0. The lowest BCUT2D eigenvalue weighted by Gasteiger charge is -2.34. The Labute approximate surface area is 154 Å². The van der Waals surface area contributed by atoms with E-state index in [-0.39, 0.29) is 5.91 Å². The number of aromatic nitrogens is 1. The van der Waals surface area contributed by atoms with Gasteiger partial charge >= 0.3 is 0 Å². The molecule has 134 valence electrons. The maximum Gasteiger partial charge on any atom is 0.222 e. The maximum atomic E-state index is 12.5. The number of hydrogen-bond donors (Lipinski definition) is 1. The normalized spacial score (nSPS) is 15.5. The van der Waals surface area contributed by atoms with Gasteiger partial charge in [0.15, 0.2) is 0 Å². The van der Waals surface area contributed by atoms with Crippen molar-refractivity contribution < 1.29 is 4.79 Å². The summed E-state index contributed by atoms with van der Waals surface area (Å²) in [6, 6.07) is 18.7. The van der Waals surface area contributed by atoms with E-state index in [0.29, 0.717) is 6.42 Å². The summed E-state index contributed by atoms with van der Waals surface area (Å²) >= 11 is 0. The second-order valence-electron chi connectivity index (χ2n) is 7.00. The number of benzene rings is 2. The predicted octanol–water partition coefficient (Wildman–Crippen LogP) is 3.44. The van der Waals surface area contributed by atoms with E-state index in [9.17, 15) is 4.79 Å². The molecule has 0 atom stereocenters. The highest BCUT2D eigenvalue weighted by Gasteiger charge is 2.21. The van der Waals surface area contributed by atoms with Crippen LogP contribution in [0.2, 0.25) is 0 Å². The first kappa shape index (κ1) is 16.9. The monoisotopic (exact) mass is 347 g/mol. The van der Waals surface area contributed by atoms with Gasteiger partial charge in [0.2, 0.25) is 5.91 Å². The topological polar surface area (TPSA) is 39.3 Å². The van der Waals surface area contributed by atoms with Gasteiger partial charge in [-0.1, -0.05) is 48.5 Å².